The van der Waals surface area contributed by atoms with Crippen LogP contribution in [0.3, 0.4) is 0 Å². The summed E-state index contributed by atoms with van der Waals surface area (Å²) in [5, 5.41) is 11.6. The highest BCUT2D eigenvalue weighted by molar-refractivity contribution is 5.56. The molecule has 0 saturated heterocycles. The van der Waals surface area contributed by atoms with Crippen molar-refractivity contribution in [3.05, 3.63) is 29.8 Å². The first-order valence-corrected chi connectivity index (χ1v) is 3.55. The van der Waals surface area contributed by atoms with Crippen molar-refractivity contribution >= 4 is 5.69 Å². The van der Waals surface area contributed by atoms with Crippen molar-refractivity contribution in [1.29, 1.82) is 0 Å². The number of para-hydroxylation sites is 1. The lowest BCUT2D eigenvalue weighted by atomic mass is 10.1. The van der Waals surface area contributed by atoms with Crippen molar-refractivity contribution in [3.63, 3.8) is 0 Å². The van der Waals surface area contributed by atoms with Gasteiger partial charge in [-0.15, -0.1) is 0 Å². The number of fused-ring (bicyclic) bond motifs is 1. The molecule has 0 fully saturated rings. The fraction of sp³-hybridized carbons (Fsp3) is 0.250. The number of rotatable bonds is 1. The molecule has 0 radical (unpaired) electrons. The van der Waals surface area contributed by atoms with Crippen molar-refractivity contribution in [2.24, 2.45) is 0 Å². The van der Waals surface area contributed by atoms with E-state index in [2.05, 4.69) is 10.2 Å². The maximum Gasteiger partial charge on any atom is 0.137 e. The lowest BCUT2D eigenvalue weighted by Gasteiger charge is -2.03. The van der Waals surface area contributed by atoms with Gasteiger partial charge < -0.3 is 5.32 Å². The summed E-state index contributed by atoms with van der Waals surface area (Å²) in [5.41, 5.74) is 2.07. The quantitative estimate of drug-likeness (QED) is 0.473. The predicted molar refractivity (Wildman–Crippen MR) is 41.4 cm³/mol. The van der Waals surface area contributed by atoms with Crippen LogP contribution in [-0.4, -0.2) is 11.8 Å². The third-order valence-electron chi connectivity index (χ3n) is 1.91. The van der Waals surface area contributed by atoms with Gasteiger partial charge in [0.15, 0.2) is 0 Å². The van der Waals surface area contributed by atoms with Crippen molar-refractivity contribution in [2.75, 3.05) is 11.9 Å². The standard InChI is InChI=1S/C8H9NO2/c10-11-8-5-9-7-4-2-1-3-6(7)8/h1-4,8-10H,5H2. The number of nitrogens with one attached hydrogen (secondary N) is 1. The summed E-state index contributed by atoms with van der Waals surface area (Å²) in [5.74, 6) is 0. The number of anilines is 1. The Balaban J connectivity index is 2.39. The van der Waals surface area contributed by atoms with Gasteiger partial charge in [0.2, 0.25) is 0 Å². The van der Waals surface area contributed by atoms with E-state index in [1.165, 1.54) is 0 Å². The molecule has 2 rings (SSSR count). The van der Waals surface area contributed by atoms with E-state index < -0.39 is 0 Å². The van der Waals surface area contributed by atoms with E-state index in [9.17, 15) is 0 Å². The highest BCUT2D eigenvalue weighted by Gasteiger charge is 2.21. The van der Waals surface area contributed by atoms with Crippen LogP contribution in [0.4, 0.5) is 5.69 Å². The molecule has 1 unspecified atom stereocenters. The van der Waals surface area contributed by atoms with Crippen molar-refractivity contribution in [1.82, 2.24) is 0 Å². The average molecular weight is 151 g/mol. The molecule has 1 aromatic rings. The Bertz CT molecular complexity index is 262. The second-order valence-electron chi connectivity index (χ2n) is 2.56. The third-order valence-corrected chi connectivity index (χ3v) is 1.91. The molecule has 1 aliphatic heterocycles. The fourth-order valence-corrected chi connectivity index (χ4v) is 1.35. The normalized spacial score (nSPS) is 21.0. The lowest BCUT2D eigenvalue weighted by molar-refractivity contribution is -0.276. The Morgan fingerprint density at radius 1 is 1.45 bits per heavy atom. The highest BCUT2D eigenvalue weighted by Crippen LogP contribution is 2.30. The maximum absolute atomic E-state index is 8.47. The van der Waals surface area contributed by atoms with Crippen LogP contribution in [-0.2, 0) is 4.89 Å². The summed E-state index contributed by atoms with van der Waals surface area (Å²) >= 11 is 0. The summed E-state index contributed by atoms with van der Waals surface area (Å²) in [4.78, 5) is 4.28. The number of hydrogen-bond acceptors (Lipinski definition) is 3. The van der Waals surface area contributed by atoms with Gasteiger partial charge in [-0.1, -0.05) is 18.2 Å². The molecule has 1 atom stereocenters. The van der Waals surface area contributed by atoms with Gasteiger partial charge in [0.25, 0.3) is 0 Å². The molecule has 2 N–H and O–H groups in total. The second kappa shape index (κ2) is 2.53. The molecule has 0 saturated carbocycles. The van der Waals surface area contributed by atoms with E-state index in [0.29, 0.717) is 6.54 Å². The van der Waals surface area contributed by atoms with E-state index in [1.54, 1.807) is 0 Å². The van der Waals surface area contributed by atoms with Gasteiger partial charge in [-0.05, 0) is 6.07 Å². The largest absolute Gasteiger partial charge is 0.382 e. The van der Waals surface area contributed by atoms with Crippen LogP contribution < -0.4 is 5.32 Å². The van der Waals surface area contributed by atoms with Gasteiger partial charge in [-0.2, -0.15) is 0 Å². The molecule has 1 heterocycles. The van der Waals surface area contributed by atoms with Crippen LogP contribution in [0.15, 0.2) is 24.3 Å². The minimum absolute atomic E-state index is 0.203. The van der Waals surface area contributed by atoms with Gasteiger partial charge in [-0.3, -0.25) is 5.26 Å². The molecule has 0 amide bonds. The number of benzene rings is 1. The second-order valence-corrected chi connectivity index (χ2v) is 2.56. The first-order valence-electron chi connectivity index (χ1n) is 3.55. The lowest BCUT2D eigenvalue weighted by Crippen LogP contribution is -2.03. The van der Waals surface area contributed by atoms with E-state index in [4.69, 9.17) is 5.26 Å². The smallest absolute Gasteiger partial charge is 0.137 e. The third kappa shape index (κ3) is 0.982. The summed E-state index contributed by atoms with van der Waals surface area (Å²) < 4.78 is 0. The molecule has 1 aromatic carbocycles. The van der Waals surface area contributed by atoms with Gasteiger partial charge in [-0.25, -0.2) is 4.89 Å². The Hall–Kier alpha value is -1.06. The first-order chi connectivity index (χ1) is 5.42. The van der Waals surface area contributed by atoms with Crippen LogP contribution in [0.25, 0.3) is 0 Å². The minimum atomic E-state index is -0.203. The van der Waals surface area contributed by atoms with Crippen molar-refractivity contribution < 1.29 is 10.1 Å². The number of hydrogen-bond donors (Lipinski definition) is 2. The van der Waals surface area contributed by atoms with Crippen LogP contribution in [0, 0.1) is 0 Å². The summed E-state index contributed by atoms with van der Waals surface area (Å²) in [6.45, 7) is 0.649. The zero-order valence-corrected chi connectivity index (χ0v) is 5.95. The molecular formula is C8H9NO2. The Morgan fingerprint density at radius 3 is 3.09 bits per heavy atom. The monoisotopic (exact) mass is 151 g/mol. The van der Waals surface area contributed by atoms with E-state index >= 15 is 0 Å². The SMILES string of the molecule is OOC1CNc2ccccc21. The van der Waals surface area contributed by atoms with Crippen LogP contribution in [0.5, 0.6) is 0 Å². The summed E-state index contributed by atoms with van der Waals surface area (Å²) in [7, 11) is 0. The zero-order chi connectivity index (χ0) is 7.68. The Morgan fingerprint density at radius 2 is 2.27 bits per heavy atom. The van der Waals surface area contributed by atoms with Gasteiger partial charge >= 0.3 is 0 Å². The molecule has 0 aromatic heterocycles. The molecule has 58 valence electrons. The maximum atomic E-state index is 8.47. The average Bonchev–Trinajstić information content (AvgIpc) is 2.47. The molecule has 0 aliphatic carbocycles. The molecule has 11 heavy (non-hydrogen) atoms. The van der Waals surface area contributed by atoms with E-state index in [1.807, 2.05) is 24.3 Å². The topological polar surface area (TPSA) is 41.5 Å². The summed E-state index contributed by atoms with van der Waals surface area (Å²) in [6, 6.07) is 7.79. The molecule has 1 aliphatic rings. The first kappa shape index (κ1) is 6.64. The zero-order valence-electron chi connectivity index (χ0n) is 5.95. The fourth-order valence-electron chi connectivity index (χ4n) is 1.35. The van der Waals surface area contributed by atoms with Crippen LogP contribution in [0.2, 0.25) is 0 Å². The van der Waals surface area contributed by atoms with Crippen molar-refractivity contribution in [2.45, 2.75) is 6.10 Å². The molecule has 3 nitrogen and oxygen atoms in total. The summed E-state index contributed by atoms with van der Waals surface area (Å²) in [6.07, 6.45) is -0.203. The van der Waals surface area contributed by atoms with Gasteiger partial charge in [0.05, 0.1) is 0 Å². The minimum Gasteiger partial charge on any atom is -0.382 e. The van der Waals surface area contributed by atoms with E-state index in [-0.39, 0.29) is 6.10 Å². The Labute approximate surface area is 64.5 Å². The Kier molecular flexibility index (Phi) is 1.52. The highest BCUT2D eigenvalue weighted by atomic mass is 17.1. The molecular weight excluding hydrogens is 142 g/mol. The molecule has 3 heteroatoms. The van der Waals surface area contributed by atoms with E-state index in [0.717, 1.165) is 11.3 Å². The molecule has 0 spiro atoms. The predicted octanol–water partition coefficient (Wildman–Crippen LogP) is 1.64. The van der Waals surface area contributed by atoms with Crippen molar-refractivity contribution in [3.8, 4) is 0 Å². The van der Waals surface area contributed by atoms with Crippen LogP contribution in [0.1, 0.15) is 11.7 Å². The van der Waals surface area contributed by atoms with Crippen LogP contribution >= 0.6 is 0 Å². The molecule has 0 bridgehead atoms. The van der Waals surface area contributed by atoms with Gasteiger partial charge in [0.1, 0.15) is 6.10 Å². The van der Waals surface area contributed by atoms with Gasteiger partial charge in [0, 0.05) is 17.8 Å².